The van der Waals surface area contributed by atoms with E-state index in [0.717, 1.165) is 29.5 Å². The molecule has 0 saturated carbocycles. The Morgan fingerprint density at radius 1 is 1.25 bits per heavy atom. The predicted octanol–water partition coefficient (Wildman–Crippen LogP) is 2.20. The van der Waals surface area contributed by atoms with Crippen LogP contribution in [0.15, 0.2) is 36.5 Å². The second-order valence-corrected chi connectivity index (χ2v) is 5.88. The molecule has 0 aliphatic carbocycles. The van der Waals surface area contributed by atoms with E-state index in [9.17, 15) is 4.79 Å². The number of benzene rings is 1. The largest absolute Gasteiger partial charge is 0.496 e. The summed E-state index contributed by atoms with van der Waals surface area (Å²) in [5.41, 5.74) is 1.02. The zero-order chi connectivity index (χ0) is 17.1. The van der Waals surface area contributed by atoms with E-state index in [2.05, 4.69) is 14.9 Å². The Kier molecular flexibility index (Phi) is 4.64. The summed E-state index contributed by atoms with van der Waals surface area (Å²) in [4.78, 5) is 24.9. The van der Waals surface area contributed by atoms with Crippen LogP contribution in [0.3, 0.4) is 0 Å². The first-order valence-corrected chi connectivity index (χ1v) is 8.05. The maximum atomic E-state index is 12.1. The maximum absolute atomic E-state index is 12.1. The fourth-order valence-electron chi connectivity index (χ4n) is 3.20. The molecule has 1 amide bonds. The minimum atomic E-state index is -0.0670. The summed E-state index contributed by atoms with van der Waals surface area (Å²) in [5, 5.41) is 0. The van der Waals surface area contributed by atoms with Gasteiger partial charge in [-0.05, 0) is 19.1 Å². The van der Waals surface area contributed by atoms with Gasteiger partial charge in [-0.2, -0.15) is 0 Å². The van der Waals surface area contributed by atoms with Crippen molar-refractivity contribution in [2.24, 2.45) is 0 Å². The first kappa shape index (κ1) is 16.2. The molecule has 1 atom stereocenters. The van der Waals surface area contributed by atoms with Gasteiger partial charge in [-0.15, -0.1) is 0 Å². The van der Waals surface area contributed by atoms with E-state index in [0.29, 0.717) is 13.1 Å². The van der Waals surface area contributed by atoms with Gasteiger partial charge < -0.3 is 14.5 Å². The molecule has 24 heavy (non-hydrogen) atoms. The van der Waals surface area contributed by atoms with E-state index >= 15 is 0 Å². The van der Waals surface area contributed by atoms with Gasteiger partial charge in [0, 0.05) is 38.3 Å². The molecule has 2 aromatic rings. The number of amides is 1. The number of piperazine rings is 1. The van der Waals surface area contributed by atoms with Crippen LogP contribution in [-0.4, -0.2) is 47.5 Å². The number of nitrogens with zero attached hydrogens (tertiary/aromatic N) is 4. The quantitative estimate of drug-likeness (QED) is 0.865. The number of hydrogen-bond acceptors (Lipinski definition) is 5. The van der Waals surface area contributed by atoms with E-state index in [1.807, 2.05) is 42.2 Å². The van der Waals surface area contributed by atoms with Gasteiger partial charge in [0.1, 0.15) is 17.4 Å². The highest BCUT2D eigenvalue weighted by atomic mass is 16.5. The predicted molar refractivity (Wildman–Crippen MR) is 92.1 cm³/mol. The van der Waals surface area contributed by atoms with Crippen molar-refractivity contribution in [1.82, 2.24) is 14.9 Å². The summed E-state index contributed by atoms with van der Waals surface area (Å²) in [6.45, 7) is 5.58. The molecule has 1 aromatic carbocycles. The molecule has 0 spiro atoms. The third-order valence-corrected chi connectivity index (χ3v) is 4.37. The minimum absolute atomic E-state index is 0.0670. The van der Waals surface area contributed by atoms with Gasteiger partial charge in [0.2, 0.25) is 5.91 Å². The lowest BCUT2D eigenvalue weighted by Gasteiger charge is -2.42. The van der Waals surface area contributed by atoms with E-state index in [1.54, 1.807) is 20.2 Å². The topological polar surface area (TPSA) is 58.6 Å². The highest BCUT2D eigenvalue weighted by Crippen LogP contribution is 2.33. The normalized spacial score (nSPS) is 17.7. The monoisotopic (exact) mass is 326 g/mol. The van der Waals surface area contributed by atoms with Crippen LogP contribution >= 0.6 is 0 Å². The zero-order valence-electron chi connectivity index (χ0n) is 14.3. The highest BCUT2D eigenvalue weighted by Gasteiger charge is 2.32. The molecule has 1 unspecified atom stereocenters. The number of carbonyl (C=O) groups excluding carboxylic acids is 1. The van der Waals surface area contributed by atoms with Crippen LogP contribution < -0.4 is 9.64 Å². The molecule has 6 heteroatoms. The van der Waals surface area contributed by atoms with Gasteiger partial charge in [-0.25, -0.2) is 9.97 Å². The second kappa shape index (κ2) is 6.86. The maximum Gasteiger partial charge on any atom is 0.220 e. The van der Waals surface area contributed by atoms with Gasteiger partial charge in [0.15, 0.2) is 0 Å². The van der Waals surface area contributed by atoms with Crippen molar-refractivity contribution in [2.45, 2.75) is 19.9 Å². The number of anilines is 1. The first-order valence-electron chi connectivity index (χ1n) is 8.05. The molecule has 1 aliphatic rings. The third kappa shape index (κ3) is 3.18. The van der Waals surface area contributed by atoms with E-state index in [-0.39, 0.29) is 11.9 Å². The molecule has 3 rings (SSSR count). The Labute approximate surface area is 142 Å². The number of aromatic nitrogens is 2. The third-order valence-electron chi connectivity index (χ3n) is 4.37. The standard InChI is InChI=1S/C18H22N4O2/c1-13-19-9-8-18(20-13)21-10-11-22(14(2)23)16(12-21)15-6-4-5-7-17(15)24-3/h4-9,16H,10-12H2,1-3H3. The van der Waals surface area contributed by atoms with Gasteiger partial charge in [-0.3, -0.25) is 4.79 Å². The van der Waals surface area contributed by atoms with Gasteiger partial charge in [0.25, 0.3) is 0 Å². The lowest BCUT2D eigenvalue weighted by molar-refractivity contribution is -0.131. The molecule has 1 aliphatic heterocycles. The molecule has 0 N–H and O–H groups in total. The van der Waals surface area contributed by atoms with Crippen LogP contribution in [0.1, 0.15) is 24.4 Å². The summed E-state index contributed by atoms with van der Waals surface area (Å²) < 4.78 is 5.50. The number of para-hydroxylation sites is 1. The summed E-state index contributed by atoms with van der Waals surface area (Å²) in [5.74, 6) is 2.51. The number of methoxy groups -OCH3 is 1. The first-order chi connectivity index (χ1) is 11.6. The SMILES string of the molecule is COc1ccccc1C1CN(c2ccnc(C)n2)CCN1C(C)=O. The lowest BCUT2D eigenvalue weighted by Crippen LogP contribution is -2.50. The van der Waals surface area contributed by atoms with Crippen LogP contribution in [0.5, 0.6) is 5.75 Å². The molecule has 1 saturated heterocycles. The summed E-state index contributed by atoms with van der Waals surface area (Å²) in [6, 6.07) is 9.71. The summed E-state index contributed by atoms with van der Waals surface area (Å²) in [7, 11) is 1.66. The number of ether oxygens (including phenoxy) is 1. The molecule has 2 heterocycles. The van der Waals surface area contributed by atoms with Gasteiger partial charge in [-0.1, -0.05) is 18.2 Å². The van der Waals surface area contributed by atoms with Crippen LogP contribution in [0, 0.1) is 6.92 Å². The van der Waals surface area contributed by atoms with Crippen LogP contribution in [0.25, 0.3) is 0 Å². The molecule has 6 nitrogen and oxygen atoms in total. The number of carbonyl (C=O) groups is 1. The van der Waals surface area contributed by atoms with Crippen LogP contribution in [0.2, 0.25) is 0 Å². The molecule has 126 valence electrons. The molecule has 0 bridgehead atoms. The van der Waals surface area contributed by atoms with E-state index < -0.39 is 0 Å². The van der Waals surface area contributed by atoms with E-state index in [1.165, 1.54) is 0 Å². The van der Waals surface area contributed by atoms with Crippen LogP contribution in [-0.2, 0) is 4.79 Å². The highest BCUT2D eigenvalue weighted by molar-refractivity contribution is 5.74. The van der Waals surface area contributed by atoms with Crippen molar-refractivity contribution in [1.29, 1.82) is 0 Å². The number of hydrogen-bond donors (Lipinski definition) is 0. The molecular formula is C18H22N4O2. The van der Waals surface area contributed by atoms with Crippen LogP contribution in [0.4, 0.5) is 5.82 Å². The smallest absolute Gasteiger partial charge is 0.220 e. The summed E-state index contributed by atoms with van der Waals surface area (Å²) in [6.07, 6.45) is 1.77. The van der Waals surface area contributed by atoms with Gasteiger partial charge in [0.05, 0.1) is 13.2 Å². The van der Waals surface area contributed by atoms with Crippen molar-refractivity contribution >= 4 is 11.7 Å². The van der Waals surface area contributed by atoms with Crippen molar-refractivity contribution in [3.63, 3.8) is 0 Å². The number of rotatable bonds is 3. The Balaban J connectivity index is 1.94. The Morgan fingerprint density at radius 2 is 2.04 bits per heavy atom. The number of aryl methyl sites for hydroxylation is 1. The minimum Gasteiger partial charge on any atom is -0.496 e. The van der Waals surface area contributed by atoms with E-state index in [4.69, 9.17) is 4.74 Å². The summed E-state index contributed by atoms with van der Waals surface area (Å²) >= 11 is 0. The molecular weight excluding hydrogens is 304 g/mol. The Morgan fingerprint density at radius 3 is 2.75 bits per heavy atom. The fourth-order valence-corrected chi connectivity index (χ4v) is 3.20. The van der Waals surface area contributed by atoms with Crippen molar-refractivity contribution in [2.75, 3.05) is 31.6 Å². The Bertz CT molecular complexity index is 734. The molecule has 1 fully saturated rings. The Hall–Kier alpha value is -2.63. The fraction of sp³-hybridized carbons (Fsp3) is 0.389. The molecule has 0 radical (unpaired) electrons. The second-order valence-electron chi connectivity index (χ2n) is 5.88. The van der Waals surface area contributed by atoms with Crippen molar-refractivity contribution in [3.05, 3.63) is 47.9 Å². The zero-order valence-corrected chi connectivity index (χ0v) is 14.3. The average molecular weight is 326 g/mol. The van der Waals surface area contributed by atoms with Crippen molar-refractivity contribution < 1.29 is 9.53 Å². The van der Waals surface area contributed by atoms with Crippen molar-refractivity contribution in [3.8, 4) is 5.75 Å². The average Bonchev–Trinajstić information content (AvgIpc) is 2.61. The molecule has 1 aromatic heterocycles. The lowest BCUT2D eigenvalue weighted by atomic mass is 10.0. The van der Waals surface area contributed by atoms with Gasteiger partial charge >= 0.3 is 0 Å².